The van der Waals surface area contributed by atoms with Gasteiger partial charge in [-0.25, -0.2) is 4.79 Å². The number of carboxylic acids is 1. The molecule has 1 aromatic heterocycles. The van der Waals surface area contributed by atoms with Crippen molar-refractivity contribution < 1.29 is 14.7 Å². The van der Waals surface area contributed by atoms with Crippen molar-refractivity contribution in [2.24, 2.45) is 0 Å². The van der Waals surface area contributed by atoms with Crippen LogP contribution >= 0.6 is 0 Å². The van der Waals surface area contributed by atoms with Gasteiger partial charge in [0.25, 0.3) is 0 Å². The van der Waals surface area contributed by atoms with Crippen LogP contribution < -0.4 is 10.6 Å². The van der Waals surface area contributed by atoms with Crippen molar-refractivity contribution in [1.29, 1.82) is 0 Å². The minimum Gasteiger partial charge on any atom is -0.478 e. The fourth-order valence-electron chi connectivity index (χ4n) is 2.20. The quantitative estimate of drug-likeness (QED) is 0.743. The van der Waals surface area contributed by atoms with Crippen molar-refractivity contribution >= 4 is 17.6 Å². The first-order valence-electron chi connectivity index (χ1n) is 6.37. The SMILES string of the molecule is O=C(CNC1CCCC1)Nc1cncc(C(=O)O)c1. The molecule has 0 atom stereocenters. The highest BCUT2D eigenvalue weighted by Gasteiger charge is 2.15. The number of anilines is 1. The first kappa shape index (κ1) is 13.5. The molecule has 0 bridgehead atoms. The van der Waals surface area contributed by atoms with Gasteiger partial charge in [0.2, 0.25) is 5.91 Å². The molecule has 1 aromatic rings. The third kappa shape index (κ3) is 4.03. The van der Waals surface area contributed by atoms with Crippen LogP contribution in [0.2, 0.25) is 0 Å². The maximum atomic E-state index is 11.7. The molecule has 0 aliphatic heterocycles. The second-order valence-corrected chi connectivity index (χ2v) is 4.68. The zero-order valence-corrected chi connectivity index (χ0v) is 10.6. The summed E-state index contributed by atoms with van der Waals surface area (Å²) in [5.74, 6) is -1.25. The van der Waals surface area contributed by atoms with Gasteiger partial charge in [-0.15, -0.1) is 0 Å². The standard InChI is InChI=1S/C13H17N3O3/c17-12(8-15-10-3-1-2-4-10)16-11-5-9(13(18)19)6-14-7-11/h5-7,10,15H,1-4,8H2,(H,16,17)(H,18,19). The van der Waals surface area contributed by atoms with Gasteiger partial charge >= 0.3 is 5.97 Å². The Labute approximate surface area is 111 Å². The average Bonchev–Trinajstić information content (AvgIpc) is 2.90. The summed E-state index contributed by atoms with van der Waals surface area (Å²) in [5, 5.41) is 14.6. The molecule has 1 aliphatic carbocycles. The number of rotatable bonds is 5. The van der Waals surface area contributed by atoms with E-state index in [9.17, 15) is 9.59 Å². The van der Waals surface area contributed by atoms with Crippen LogP contribution in [0.5, 0.6) is 0 Å². The van der Waals surface area contributed by atoms with Gasteiger partial charge in [0.05, 0.1) is 24.0 Å². The Morgan fingerprint density at radius 2 is 2.05 bits per heavy atom. The molecular weight excluding hydrogens is 246 g/mol. The number of nitrogens with zero attached hydrogens (tertiary/aromatic N) is 1. The summed E-state index contributed by atoms with van der Waals surface area (Å²) in [7, 11) is 0. The van der Waals surface area contributed by atoms with Crippen LogP contribution in [0.3, 0.4) is 0 Å². The lowest BCUT2D eigenvalue weighted by molar-refractivity contribution is -0.115. The zero-order chi connectivity index (χ0) is 13.7. The van der Waals surface area contributed by atoms with Crippen molar-refractivity contribution in [2.75, 3.05) is 11.9 Å². The second kappa shape index (κ2) is 6.29. The van der Waals surface area contributed by atoms with Crippen molar-refractivity contribution in [3.8, 4) is 0 Å². The van der Waals surface area contributed by atoms with Gasteiger partial charge in [0.15, 0.2) is 0 Å². The molecule has 19 heavy (non-hydrogen) atoms. The number of carboxylic acid groups (broad SMARTS) is 1. The van der Waals surface area contributed by atoms with E-state index in [0.29, 0.717) is 11.7 Å². The maximum absolute atomic E-state index is 11.7. The molecule has 6 nitrogen and oxygen atoms in total. The number of pyridine rings is 1. The van der Waals surface area contributed by atoms with E-state index in [1.54, 1.807) is 0 Å². The van der Waals surface area contributed by atoms with Crippen LogP contribution in [-0.4, -0.2) is 34.6 Å². The number of hydrogen-bond donors (Lipinski definition) is 3. The topological polar surface area (TPSA) is 91.3 Å². The van der Waals surface area contributed by atoms with Crippen LogP contribution in [0.15, 0.2) is 18.5 Å². The monoisotopic (exact) mass is 263 g/mol. The lowest BCUT2D eigenvalue weighted by Gasteiger charge is -2.11. The van der Waals surface area contributed by atoms with E-state index in [-0.39, 0.29) is 18.0 Å². The number of nitrogens with one attached hydrogen (secondary N) is 2. The Kier molecular flexibility index (Phi) is 4.46. The molecule has 0 radical (unpaired) electrons. The van der Waals surface area contributed by atoms with Crippen LogP contribution in [0.25, 0.3) is 0 Å². The molecule has 1 fully saturated rings. The minimum atomic E-state index is -1.06. The van der Waals surface area contributed by atoms with Gasteiger partial charge in [-0.2, -0.15) is 0 Å². The third-order valence-electron chi connectivity index (χ3n) is 3.18. The Balaban J connectivity index is 1.84. The van der Waals surface area contributed by atoms with Gasteiger partial charge in [0, 0.05) is 12.2 Å². The lowest BCUT2D eigenvalue weighted by atomic mass is 10.2. The summed E-state index contributed by atoms with van der Waals surface area (Å²) in [6.45, 7) is 0.238. The molecular formula is C13H17N3O3. The van der Waals surface area contributed by atoms with Crippen molar-refractivity contribution in [2.45, 2.75) is 31.7 Å². The molecule has 6 heteroatoms. The molecule has 1 amide bonds. The summed E-state index contributed by atoms with van der Waals surface area (Å²) >= 11 is 0. The lowest BCUT2D eigenvalue weighted by Crippen LogP contribution is -2.34. The molecule has 0 saturated heterocycles. The van der Waals surface area contributed by atoms with E-state index in [0.717, 1.165) is 12.8 Å². The van der Waals surface area contributed by atoms with Crippen molar-refractivity contribution in [3.05, 3.63) is 24.0 Å². The number of aromatic nitrogens is 1. The highest BCUT2D eigenvalue weighted by molar-refractivity contribution is 5.94. The van der Waals surface area contributed by atoms with E-state index in [2.05, 4.69) is 15.6 Å². The Hall–Kier alpha value is -1.95. The highest BCUT2D eigenvalue weighted by atomic mass is 16.4. The summed E-state index contributed by atoms with van der Waals surface area (Å²) < 4.78 is 0. The van der Waals surface area contributed by atoms with Gasteiger partial charge in [0.1, 0.15) is 0 Å². The molecule has 0 aromatic carbocycles. The number of amides is 1. The van der Waals surface area contributed by atoms with Gasteiger partial charge < -0.3 is 15.7 Å². The largest absolute Gasteiger partial charge is 0.478 e. The Morgan fingerprint density at radius 3 is 2.74 bits per heavy atom. The molecule has 1 saturated carbocycles. The summed E-state index contributed by atoms with van der Waals surface area (Å²) in [4.78, 5) is 26.3. The number of carbonyl (C=O) groups is 2. The Morgan fingerprint density at radius 1 is 1.32 bits per heavy atom. The van der Waals surface area contributed by atoms with Crippen LogP contribution in [0.4, 0.5) is 5.69 Å². The smallest absolute Gasteiger partial charge is 0.337 e. The predicted molar refractivity (Wildman–Crippen MR) is 70.1 cm³/mol. The van der Waals surface area contributed by atoms with Crippen LogP contribution in [0.1, 0.15) is 36.0 Å². The number of carbonyl (C=O) groups excluding carboxylic acids is 1. The molecule has 0 spiro atoms. The summed E-state index contributed by atoms with van der Waals surface area (Å²) in [5.41, 5.74) is 0.458. The fraction of sp³-hybridized carbons (Fsp3) is 0.462. The van der Waals surface area contributed by atoms with Crippen LogP contribution in [0, 0.1) is 0 Å². The van der Waals surface area contributed by atoms with Gasteiger partial charge in [-0.1, -0.05) is 12.8 Å². The molecule has 102 valence electrons. The van der Waals surface area contributed by atoms with E-state index in [1.807, 2.05) is 0 Å². The first-order valence-corrected chi connectivity index (χ1v) is 6.37. The molecule has 1 aliphatic rings. The highest BCUT2D eigenvalue weighted by Crippen LogP contribution is 2.17. The van der Waals surface area contributed by atoms with Crippen molar-refractivity contribution in [3.63, 3.8) is 0 Å². The summed E-state index contributed by atoms with van der Waals surface area (Å²) in [6, 6.07) is 1.82. The van der Waals surface area contributed by atoms with Crippen molar-refractivity contribution in [1.82, 2.24) is 10.3 Å². The third-order valence-corrected chi connectivity index (χ3v) is 3.18. The minimum absolute atomic E-state index is 0.0570. The first-order chi connectivity index (χ1) is 9.15. The Bertz CT molecular complexity index is 470. The number of aromatic carboxylic acids is 1. The molecule has 2 rings (SSSR count). The predicted octanol–water partition coefficient (Wildman–Crippen LogP) is 1.25. The molecule has 0 unspecified atom stereocenters. The molecule has 1 heterocycles. The summed E-state index contributed by atoms with van der Waals surface area (Å²) in [6.07, 6.45) is 7.33. The number of hydrogen-bond acceptors (Lipinski definition) is 4. The van der Waals surface area contributed by atoms with Crippen LogP contribution in [-0.2, 0) is 4.79 Å². The zero-order valence-electron chi connectivity index (χ0n) is 10.6. The van der Waals surface area contributed by atoms with Gasteiger partial charge in [-0.05, 0) is 18.9 Å². The van der Waals surface area contributed by atoms with E-state index < -0.39 is 5.97 Å². The van der Waals surface area contributed by atoms with E-state index in [4.69, 9.17) is 5.11 Å². The van der Waals surface area contributed by atoms with Gasteiger partial charge in [-0.3, -0.25) is 9.78 Å². The normalized spacial score (nSPS) is 15.4. The maximum Gasteiger partial charge on any atom is 0.337 e. The average molecular weight is 263 g/mol. The van der Waals surface area contributed by atoms with E-state index in [1.165, 1.54) is 31.3 Å². The molecule has 3 N–H and O–H groups in total. The fourth-order valence-corrected chi connectivity index (χ4v) is 2.20. The second-order valence-electron chi connectivity index (χ2n) is 4.68. The van der Waals surface area contributed by atoms with E-state index >= 15 is 0 Å².